The van der Waals surface area contributed by atoms with Gasteiger partial charge in [0.15, 0.2) is 0 Å². The van der Waals surface area contributed by atoms with E-state index in [1.807, 2.05) is 0 Å². The molecule has 0 bridgehead atoms. The Hall–Kier alpha value is -2.45. The molecule has 2 aromatic heterocycles. The molecule has 4 N–H and O–H groups in total. The fraction of sp³-hybridized carbons (Fsp3) is 0.200. The summed E-state index contributed by atoms with van der Waals surface area (Å²) in [4.78, 5) is 50.5. The second-order valence-electron chi connectivity index (χ2n) is 5.30. The van der Waals surface area contributed by atoms with Crippen molar-refractivity contribution in [3.05, 3.63) is 49.2 Å². The lowest BCUT2D eigenvalue weighted by molar-refractivity contribution is -0.118. The summed E-state index contributed by atoms with van der Waals surface area (Å²) < 4.78 is 0. The number of hydrogen-bond donors (Lipinski definition) is 3. The van der Waals surface area contributed by atoms with Crippen molar-refractivity contribution in [1.29, 1.82) is 0 Å². The van der Waals surface area contributed by atoms with Gasteiger partial charge in [-0.05, 0) is 18.1 Å². The van der Waals surface area contributed by atoms with Crippen LogP contribution in [0.15, 0.2) is 17.1 Å². The van der Waals surface area contributed by atoms with Gasteiger partial charge in [0.1, 0.15) is 16.3 Å². The Morgan fingerprint density at radius 2 is 2.04 bits per heavy atom. The van der Waals surface area contributed by atoms with Gasteiger partial charge in [-0.1, -0.05) is 11.6 Å². The number of Topliss-reactive ketones (excluding diaryl/α,β-unsaturated/α-hetero) is 1. The number of carbonyl (C=O) groups excluding carboxylic acids is 3. The van der Waals surface area contributed by atoms with Crippen LogP contribution in [-0.2, 0) is 17.6 Å². The van der Waals surface area contributed by atoms with Crippen molar-refractivity contribution >= 4 is 45.5 Å². The van der Waals surface area contributed by atoms with Crippen molar-refractivity contribution < 1.29 is 14.4 Å². The molecule has 1 aliphatic carbocycles. The van der Waals surface area contributed by atoms with E-state index < -0.39 is 17.4 Å². The number of nitrogens with two attached hydrogens (primary N) is 1. The maximum absolute atomic E-state index is 12.3. The number of halogens is 1. The molecular formula is C15H12ClN3O4S. The van der Waals surface area contributed by atoms with Gasteiger partial charge in [0.05, 0.1) is 10.6 Å². The van der Waals surface area contributed by atoms with E-state index in [1.165, 1.54) is 12.3 Å². The number of pyridine rings is 1. The molecule has 2 heterocycles. The predicted molar refractivity (Wildman–Crippen MR) is 89.9 cm³/mol. The van der Waals surface area contributed by atoms with Gasteiger partial charge < -0.3 is 16.0 Å². The maximum Gasteiger partial charge on any atom is 0.261 e. The van der Waals surface area contributed by atoms with Crippen LogP contribution in [0.5, 0.6) is 0 Å². The van der Waals surface area contributed by atoms with Crippen LogP contribution in [0, 0.1) is 0 Å². The molecular weight excluding hydrogens is 354 g/mol. The van der Waals surface area contributed by atoms with Gasteiger partial charge in [-0.15, -0.1) is 11.3 Å². The number of nitrogens with one attached hydrogen (secondary N) is 2. The van der Waals surface area contributed by atoms with Crippen molar-refractivity contribution in [1.82, 2.24) is 4.98 Å². The van der Waals surface area contributed by atoms with Gasteiger partial charge in [0.25, 0.3) is 17.4 Å². The number of aromatic amines is 1. The SMILES string of the molecule is NC(=O)c1c(NC(=O)c2cc(Cl)c[nH]c2=O)sc2c1CCC(=O)C2. The summed E-state index contributed by atoms with van der Waals surface area (Å²) in [6, 6.07) is 1.23. The van der Waals surface area contributed by atoms with Gasteiger partial charge >= 0.3 is 0 Å². The minimum atomic E-state index is -0.703. The molecule has 0 spiro atoms. The van der Waals surface area contributed by atoms with Crippen LogP contribution in [0.4, 0.5) is 5.00 Å². The molecule has 2 amide bonds. The summed E-state index contributed by atoms with van der Waals surface area (Å²) in [5.74, 6) is -1.31. The van der Waals surface area contributed by atoms with Gasteiger partial charge in [-0.3, -0.25) is 19.2 Å². The third-order valence-corrected chi connectivity index (χ3v) is 5.05. The molecule has 1 aliphatic rings. The van der Waals surface area contributed by atoms with Crippen LogP contribution in [0.3, 0.4) is 0 Å². The lowest BCUT2D eigenvalue weighted by atomic mass is 9.94. The maximum atomic E-state index is 12.3. The fourth-order valence-electron chi connectivity index (χ4n) is 2.60. The molecule has 9 heteroatoms. The second kappa shape index (κ2) is 6.21. The number of hydrogen-bond acceptors (Lipinski definition) is 5. The van der Waals surface area contributed by atoms with E-state index in [2.05, 4.69) is 10.3 Å². The van der Waals surface area contributed by atoms with Crippen molar-refractivity contribution in [3.63, 3.8) is 0 Å². The zero-order chi connectivity index (χ0) is 17.4. The van der Waals surface area contributed by atoms with Crippen LogP contribution < -0.4 is 16.6 Å². The van der Waals surface area contributed by atoms with E-state index >= 15 is 0 Å². The Morgan fingerprint density at radius 3 is 2.75 bits per heavy atom. The fourth-order valence-corrected chi connectivity index (χ4v) is 4.04. The predicted octanol–water partition coefficient (Wildman–Crippen LogP) is 1.50. The van der Waals surface area contributed by atoms with Crippen LogP contribution >= 0.6 is 22.9 Å². The van der Waals surface area contributed by atoms with Crippen molar-refractivity contribution in [2.75, 3.05) is 5.32 Å². The molecule has 7 nitrogen and oxygen atoms in total. The Bertz CT molecular complexity index is 931. The van der Waals surface area contributed by atoms with Gasteiger partial charge in [-0.25, -0.2) is 0 Å². The first-order chi connectivity index (χ1) is 11.4. The molecule has 3 rings (SSSR count). The lowest BCUT2D eigenvalue weighted by Gasteiger charge is -2.10. The Morgan fingerprint density at radius 1 is 1.29 bits per heavy atom. The highest BCUT2D eigenvalue weighted by Crippen LogP contribution is 2.37. The largest absolute Gasteiger partial charge is 0.365 e. The van der Waals surface area contributed by atoms with Crippen LogP contribution in [0.25, 0.3) is 0 Å². The van der Waals surface area contributed by atoms with Crippen LogP contribution in [0.1, 0.15) is 37.6 Å². The summed E-state index contributed by atoms with van der Waals surface area (Å²) in [5, 5.41) is 2.98. The van der Waals surface area contributed by atoms with E-state index in [0.29, 0.717) is 18.4 Å². The zero-order valence-electron chi connectivity index (χ0n) is 12.3. The lowest BCUT2D eigenvalue weighted by Crippen LogP contribution is -2.24. The average Bonchev–Trinajstić information content (AvgIpc) is 2.86. The third kappa shape index (κ3) is 2.98. The Kier molecular flexibility index (Phi) is 4.25. The zero-order valence-corrected chi connectivity index (χ0v) is 13.8. The number of H-pyrrole nitrogens is 1. The monoisotopic (exact) mass is 365 g/mol. The van der Waals surface area contributed by atoms with Crippen molar-refractivity contribution in [2.24, 2.45) is 5.73 Å². The summed E-state index contributed by atoms with van der Waals surface area (Å²) in [7, 11) is 0. The number of anilines is 1. The number of thiophene rings is 1. The first kappa shape index (κ1) is 16.4. The minimum absolute atomic E-state index is 0.0731. The molecule has 0 aliphatic heterocycles. The number of carbonyl (C=O) groups is 3. The third-order valence-electron chi connectivity index (χ3n) is 3.69. The first-order valence-corrected chi connectivity index (χ1v) is 8.22. The highest BCUT2D eigenvalue weighted by molar-refractivity contribution is 7.17. The molecule has 0 atom stereocenters. The van der Waals surface area contributed by atoms with E-state index in [-0.39, 0.29) is 33.4 Å². The summed E-state index contributed by atoms with van der Waals surface area (Å²) >= 11 is 6.91. The molecule has 0 saturated carbocycles. The summed E-state index contributed by atoms with van der Waals surface area (Å²) in [6.45, 7) is 0. The molecule has 0 unspecified atom stereocenters. The van der Waals surface area contributed by atoms with Crippen LogP contribution in [0.2, 0.25) is 5.02 Å². The molecule has 124 valence electrons. The topological polar surface area (TPSA) is 122 Å². The van der Waals surface area contributed by atoms with E-state index in [4.69, 9.17) is 17.3 Å². The Labute approximate surface area is 144 Å². The van der Waals surface area contributed by atoms with Gasteiger partial charge in [-0.2, -0.15) is 0 Å². The van der Waals surface area contributed by atoms with Gasteiger partial charge in [0, 0.05) is 23.9 Å². The van der Waals surface area contributed by atoms with E-state index in [0.717, 1.165) is 16.2 Å². The number of primary amides is 1. The van der Waals surface area contributed by atoms with Crippen LogP contribution in [-0.4, -0.2) is 22.6 Å². The highest BCUT2D eigenvalue weighted by Gasteiger charge is 2.28. The number of aromatic nitrogens is 1. The number of ketones is 1. The van der Waals surface area contributed by atoms with E-state index in [1.54, 1.807) is 0 Å². The first-order valence-electron chi connectivity index (χ1n) is 7.02. The second-order valence-corrected chi connectivity index (χ2v) is 6.84. The number of amides is 2. The molecule has 0 fully saturated rings. The number of fused-ring (bicyclic) bond motifs is 1. The van der Waals surface area contributed by atoms with Crippen molar-refractivity contribution in [3.8, 4) is 0 Å². The average molecular weight is 366 g/mol. The van der Waals surface area contributed by atoms with E-state index in [9.17, 15) is 19.2 Å². The Balaban J connectivity index is 1.99. The van der Waals surface area contributed by atoms with Crippen molar-refractivity contribution in [2.45, 2.75) is 19.3 Å². The molecule has 0 saturated heterocycles. The highest BCUT2D eigenvalue weighted by atomic mass is 35.5. The number of rotatable bonds is 3. The molecule has 2 aromatic rings. The quantitative estimate of drug-likeness (QED) is 0.762. The summed E-state index contributed by atoms with van der Waals surface area (Å²) in [5.41, 5.74) is 5.55. The summed E-state index contributed by atoms with van der Waals surface area (Å²) in [6.07, 6.45) is 2.24. The molecule has 24 heavy (non-hydrogen) atoms. The van der Waals surface area contributed by atoms with Gasteiger partial charge in [0.2, 0.25) is 0 Å². The minimum Gasteiger partial charge on any atom is -0.365 e. The standard InChI is InChI=1S/C15H12ClN3O4S/c16-6-3-9(13(22)18-5-6)14(23)19-15-11(12(17)21)8-2-1-7(20)4-10(8)24-15/h3,5H,1-2,4H2,(H2,17,21)(H,18,22)(H,19,23). The molecule has 0 radical (unpaired) electrons. The smallest absolute Gasteiger partial charge is 0.261 e. The normalized spacial score (nSPS) is 13.5. The molecule has 0 aromatic carbocycles.